The Kier molecular flexibility index (Phi) is 4.20. The lowest BCUT2D eigenvalue weighted by molar-refractivity contribution is 0.462. The maximum atomic E-state index is 12.1. The minimum Gasteiger partial charge on any atom is -0.508 e. The van der Waals surface area contributed by atoms with Crippen molar-refractivity contribution in [2.24, 2.45) is 0 Å². The monoisotopic (exact) mass is 312 g/mol. The molecule has 0 aromatic heterocycles. The van der Waals surface area contributed by atoms with Crippen LogP contribution in [0.2, 0.25) is 5.02 Å². The van der Waals surface area contributed by atoms with Crippen LogP contribution in [-0.2, 0) is 16.5 Å². The smallest absolute Gasteiger partial charge is 0.340 e. The summed E-state index contributed by atoms with van der Waals surface area (Å²) < 4.78 is 29.3. The molecule has 0 aliphatic heterocycles. The predicted octanol–water partition coefficient (Wildman–Crippen LogP) is 3.38. The van der Waals surface area contributed by atoms with Crippen LogP contribution in [0.5, 0.6) is 11.5 Å². The second kappa shape index (κ2) is 5.73. The Hall–Kier alpha value is -1.72. The Bertz CT molecular complexity index is 726. The molecule has 20 heavy (non-hydrogen) atoms. The lowest BCUT2D eigenvalue weighted by atomic mass is 10.1. The Morgan fingerprint density at radius 3 is 2.55 bits per heavy atom. The molecule has 1 N–H and O–H groups in total. The van der Waals surface area contributed by atoms with E-state index >= 15 is 0 Å². The first kappa shape index (κ1) is 14.7. The van der Waals surface area contributed by atoms with E-state index in [2.05, 4.69) is 0 Å². The van der Waals surface area contributed by atoms with Crippen molar-refractivity contribution in [2.75, 3.05) is 0 Å². The van der Waals surface area contributed by atoms with Crippen LogP contribution in [0.15, 0.2) is 47.4 Å². The van der Waals surface area contributed by atoms with Gasteiger partial charge < -0.3 is 9.29 Å². The van der Waals surface area contributed by atoms with Crippen LogP contribution in [0, 0.1) is 0 Å². The van der Waals surface area contributed by atoms with Gasteiger partial charge in [-0.25, -0.2) is 0 Å². The summed E-state index contributed by atoms with van der Waals surface area (Å²) in [5.41, 5.74) is 0.773. The molecular formula is C14H13ClO4S. The van der Waals surface area contributed by atoms with Crippen LogP contribution < -0.4 is 4.18 Å². The van der Waals surface area contributed by atoms with Crippen molar-refractivity contribution >= 4 is 21.7 Å². The maximum absolute atomic E-state index is 12.1. The highest BCUT2D eigenvalue weighted by Gasteiger charge is 2.20. The largest absolute Gasteiger partial charge is 0.508 e. The minimum absolute atomic E-state index is 0.0475. The SMILES string of the molecule is CCc1cc(O)cc(OS(=O)(=O)c2ccccc2Cl)c1. The van der Waals surface area contributed by atoms with E-state index in [1.54, 1.807) is 24.3 Å². The normalized spacial score (nSPS) is 11.3. The van der Waals surface area contributed by atoms with Crippen LogP contribution in [0.4, 0.5) is 0 Å². The van der Waals surface area contributed by atoms with E-state index in [9.17, 15) is 13.5 Å². The number of aromatic hydroxyl groups is 1. The molecule has 2 aromatic rings. The summed E-state index contributed by atoms with van der Waals surface area (Å²) in [6.45, 7) is 1.89. The van der Waals surface area contributed by atoms with E-state index in [1.165, 1.54) is 18.2 Å². The van der Waals surface area contributed by atoms with Crippen molar-refractivity contribution in [1.82, 2.24) is 0 Å². The summed E-state index contributed by atoms with van der Waals surface area (Å²) in [6, 6.07) is 10.4. The van der Waals surface area contributed by atoms with E-state index in [0.29, 0.717) is 6.42 Å². The van der Waals surface area contributed by atoms with Gasteiger partial charge in [-0.1, -0.05) is 30.7 Å². The van der Waals surface area contributed by atoms with Crippen LogP contribution in [0.25, 0.3) is 0 Å². The Morgan fingerprint density at radius 1 is 1.20 bits per heavy atom. The number of halogens is 1. The Morgan fingerprint density at radius 2 is 1.90 bits per heavy atom. The van der Waals surface area contributed by atoms with Gasteiger partial charge in [-0.05, 0) is 36.2 Å². The molecule has 0 aliphatic carbocycles. The van der Waals surface area contributed by atoms with E-state index in [4.69, 9.17) is 15.8 Å². The summed E-state index contributed by atoms with van der Waals surface area (Å²) in [5, 5.41) is 9.63. The van der Waals surface area contributed by atoms with Crippen molar-refractivity contribution in [3.63, 3.8) is 0 Å². The summed E-state index contributed by atoms with van der Waals surface area (Å²) >= 11 is 5.86. The van der Waals surface area contributed by atoms with E-state index < -0.39 is 10.1 Å². The van der Waals surface area contributed by atoms with Crippen molar-refractivity contribution in [3.8, 4) is 11.5 Å². The van der Waals surface area contributed by atoms with Gasteiger partial charge in [0.2, 0.25) is 0 Å². The van der Waals surface area contributed by atoms with Crippen LogP contribution >= 0.6 is 11.6 Å². The van der Waals surface area contributed by atoms with Crippen molar-refractivity contribution in [1.29, 1.82) is 0 Å². The highest BCUT2D eigenvalue weighted by Crippen LogP contribution is 2.27. The summed E-state index contributed by atoms with van der Waals surface area (Å²) in [6.07, 6.45) is 0.650. The zero-order valence-electron chi connectivity index (χ0n) is 10.7. The Labute approximate surface area is 122 Å². The molecule has 2 rings (SSSR count). The third-order valence-corrected chi connectivity index (χ3v) is 4.42. The van der Waals surface area contributed by atoms with Gasteiger partial charge >= 0.3 is 10.1 Å². The van der Waals surface area contributed by atoms with Gasteiger partial charge in [0.05, 0.1) is 5.02 Å². The van der Waals surface area contributed by atoms with Gasteiger partial charge in [0, 0.05) is 6.07 Å². The van der Waals surface area contributed by atoms with E-state index in [0.717, 1.165) is 5.56 Å². The lowest BCUT2D eigenvalue weighted by Crippen LogP contribution is -2.10. The molecule has 0 atom stereocenters. The van der Waals surface area contributed by atoms with Crippen LogP contribution in [0.3, 0.4) is 0 Å². The summed E-state index contributed by atoms with van der Waals surface area (Å²) in [4.78, 5) is -0.108. The third kappa shape index (κ3) is 3.23. The first-order valence-electron chi connectivity index (χ1n) is 5.94. The molecule has 0 heterocycles. The minimum atomic E-state index is -4.03. The molecule has 0 radical (unpaired) electrons. The topological polar surface area (TPSA) is 63.6 Å². The molecule has 0 amide bonds. The molecule has 106 valence electrons. The number of benzene rings is 2. The molecule has 0 aliphatic rings. The summed E-state index contributed by atoms with van der Waals surface area (Å²) in [5.74, 6) is 0.00970. The second-order valence-corrected chi connectivity index (χ2v) is 6.08. The lowest BCUT2D eigenvalue weighted by Gasteiger charge is -2.09. The number of aryl methyl sites for hydroxylation is 1. The van der Waals surface area contributed by atoms with Crippen LogP contribution in [0.1, 0.15) is 12.5 Å². The second-order valence-electron chi connectivity index (χ2n) is 4.16. The quantitative estimate of drug-likeness (QED) is 0.879. The standard InChI is InChI=1S/C14H13ClO4S/c1-2-10-7-11(16)9-12(8-10)19-20(17,18)14-6-4-3-5-13(14)15/h3-9,16H,2H2,1H3. The van der Waals surface area contributed by atoms with Crippen LogP contribution in [-0.4, -0.2) is 13.5 Å². The zero-order chi connectivity index (χ0) is 14.8. The molecule has 6 heteroatoms. The summed E-state index contributed by atoms with van der Waals surface area (Å²) in [7, 11) is -4.03. The number of phenolic OH excluding ortho intramolecular Hbond substituents is 1. The predicted molar refractivity (Wildman–Crippen MR) is 76.8 cm³/mol. The molecule has 4 nitrogen and oxygen atoms in total. The fraction of sp³-hybridized carbons (Fsp3) is 0.143. The molecule has 0 unspecified atom stereocenters. The number of phenols is 1. The van der Waals surface area contributed by atoms with Gasteiger partial charge in [0.1, 0.15) is 16.4 Å². The highest BCUT2D eigenvalue weighted by molar-refractivity contribution is 7.87. The van der Waals surface area contributed by atoms with E-state index in [1.807, 2.05) is 6.92 Å². The fourth-order valence-electron chi connectivity index (χ4n) is 1.71. The first-order valence-corrected chi connectivity index (χ1v) is 7.73. The van der Waals surface area contributed by atoms with Gasteiger partial charge in [0.25, 0.3) is 0 Å². The first-order chi connectivity index (χ1) is 9.42. The third-order valence-electron chi connectivity index (χ3n) is 2.67. The average molecular weight is 313 g/mol. The number of hydrogen-bond acceptors (Lipinski definition) is 4. The molecule has 0 fully saturated rings. The molecule has 0 saturated heterocycles. The molecule has 2 aromatic carbocycles. The highest BCUT2D eigenvalue weighted by atomic mass is 35.5. The van der Waals surface area contributed by atoms with E-state index in [-0.39, 0.29) is 21.4 Å². The molecule has 0 saturated carbocycles. The van der Waals surface area contributed by atoms with Crippen molar-refractivity contribution in [2.45, 2.75) is 18.2 Å². The van der Waals surface area contributed by atoms with Gasteiger partial charge in [0.15, 0.2) is 0 Å². The number of hydrogen-bond donors (Lipinski definition) is 1. The fourth-order valence-corrected chi connectivity index (χ4v) is 3.13. The van der Waals surface area contributed by atoms with Crippen molar-refractivity contribution < 1.29 is 17.7 Å². The molecular weight excluding hydrogens is 300 g/mol. The average Bonchev–Trinajstić information content (AvgIpc) is 2.37. The molecule has 0 bridgehead atoms. The maximum Gasteiger partial charge on any atom is 0.340 e. The van der Waals surface area contributed by atoms with Gasteiger partial charge in [-0.3, -0.25) is 0 Å². The van der Waals surface area contributed by atoms with Gasteiger partial charge in [-0.2, -0.15) is 8.42 Å². The Balaban J connectivity index is 2.38. The zero-order valence-corrected chi connectivity index (χ0v) is 12.3. The van der Waals surface area contributed by atoms with Crippen molar-refractivity contribution in [3.05, 3.63) is 53.1 Å². The van der Waals surface area contributed by atoms with Gasteiger partial charge in [-0.15, -0.1) is 0 Å². The number of rotatable bonds is 4. The molecule has 0 spiro atoms.